The molecule has 10 heteroatoms. The Bertz CT molecular complexity index is 1120. The number of anilines is 1. The van der Waals surface area contributed by atoms with E-state index in [0.29, 0.717) is 43.2 Å². The average molecular weight is 527 g/mol. The third-order valence-corrected chi connectivity index (χ3v) is 5.21. The van der Waals surface area contributed by atoms with Crippen molar-refractivity contribution >= 4 is 29.6 Å². The Kier molecular flexibility index (Phi) is 12.2. The van der Waals surface area contributed by atoms with Gasteiger partial charge in [-0.3, -0.25) is 14.4 Å². The van der Waals surface area contributed by atoms with E-state index >= 15 is 0 Å². The van der Waals surface area contributed by atoms with Crippen LogP contribution in [0, 0.1) is 20.8 Å². The summed E-state index contributed by atoms with van der Waals surface area (Å²) in [7, 11) is 0. The molecule has 0 spiro atoms. The van der Waals surface area contributed by atoms with Gasteiger partial charge in [0.2, 0.25) is 0 Å². The highest BCUT2D eigenvalue weighted by molar-refractivity contribution is 6.35. The smallest absolute Gasteiger partial charge is 0.329 e. The highest BCUT2D eigenvalue weighted by Crippen LogP contribution is 2.28. The van der Waals surface area contributed by atoms with Gasteiger partial charge in [0.25, 0.3) is 5.91 Å². The Morgan fingerprint density at radius 3 is 2.34 bits per heavy atom. The number of hydrazone groups is 1. The molecular weight excluding hydrogens is 488 g/mol. The van der Waals surface area contributed by atoms with Gasteiger partial charge in [0, 0.05) is 18.8 Å². The summed E-state index contributed by atoms with van der Waals surface area (Å²) < 4.78 is 16.7. The number of carbonyl (C=O) groups excluding carboxylic acids is 3. The van der Waals surface area contributed by atoms with Gasteiger partial charge < -0.3 is 24.8 Å². The van der Waals surface area contributed by atoms with Gasteiger partial charge in [-0.2, -0.15) is 5.10 Å². The van der Waals surface area contributed by atoms with Gasteiger partial charge in [-0.15, -0.1) is 0 Å². The number of hydrogen-bond donors (Lipinski definition) is 3. The number of benzene rings is 2. The molecule has 38 heavy (non-hydrogen) atoms. The van der Waals surface area contributed by atoms with E-state index in [-0.39, 0.29) is 18.6 Å². The minimum Gasteiger partial charge on any atom is -0.490 e. The van der Waals surface area contributed by atoms with E-state index in [1.807, 2.05) is 53.7 Å². The molecule has 2 aromatic carbocycles. The van der Waals surface area contributed by atoms with Crippen LogP contribution in [-0.4, -0.2) is 56.4 Å². The highest BCUT2D eigenvalue weighted by Gasteiger charge is 2.13. The summed E-state index contributed by atoms with van der Waals surface area (Å²) in [6.45, 7) is 12.6. The average Bonchev–Trinajstić information content (AvgIpc) is 2.85. The molecule has 0 saturated carbocycles. The molecule has 0 radical (unpaired) electrons. The number of carbonyl (C=O) groups is 3. The predicted octanol–water partition coefficient (Wildman–Crippen LogP) is 3.41. The topological polar surface area (TPSA) is 127 Å². The number of ether oxygens (including phenoxy) is 3. The molecule has 0 fully saturated rings. The van der Waals surface area contributed by atoms with Crippen molar-refractivity contribution < 1.29 is 28.6 Å². The Morgan fingerprint density at radius 1 is 0.974 bits per heavy atom. The number of aryl methyl sites for hydroxylation is 3. The van der Waals surface area contributed by atoms with E-state index in [2.05, 4.69) is 21.2 Å². The molecule has 0 saturated heterocycles. The highest BCUT2D eigenvalue weighted by atomic mass is 16.5. The maximum atomic E-state index is 12.5. The molecule has 0 unspecified atom stereocenters. The second-order valence-electron chi connectivity index (χ2n) is 8.98. The lowest BCUT2D eigenvalue weighted by atomic mass is 10.1. The van der Waals surface area contributed by atoms with Crippen LogP contribution in [0.15, 0.2) is 35.4 Å². The first kappa shape index (κ1) is 30.3. The van der Waals surface area contributed by atoms with Gasteiger partial charge >= 0.3 is 11.8 Å². The molecule has 0 heterocycles. The summed E-state index contributed by atoms with van der Waals surface area (Å²) in [4.78, 5) is 36.3. The van der Waals surface area contributed by atoms with Crippen LogP contribution in [0.1, 0.15) is 49.4 Å². The Hall–Kier alpha value is -3.92. The van der Waals surface area contributed by atoms with Gasteiger partial charge in [-0.05, 0) is 82.9 Å². The summed E-state index contributed by atoms with van der Waals surface area (Å²) >= 11 is 0. The van der Waals surface area contributed by atoms with Crippen LogP contribution in [-0.2, 0) is 19.1 Å². The molecule has 2 rings (SSSR count). The van der Waals surface area contributed by atoms with Crippen LogP contribution in [0.5, 0.6) is 11.5 Å². The van der Waals surface area contributed by atoms with Crippen molar-refractivity contribution in [1.82, 2.24) is 10.7 Å². The zero-order valence-corrected chi connectivity index (χ0v) is 23.0. The van der Waals surface area contributed by atoms with Gasteiger partial charge in [0.15, 0.2) is 18.1 Å². The van der Waals surface area contributed by atoms with Crippen LogP contribution < -0.4 is 25.5 Å². The van der Waals surface area contributed by atoms with E-state index in [0.717, 1.165) is 22.4 Å². The minimum absolute atomic E-state index is 0.115. The van der Waals surface area contributed by atoms with E-state index in [4.69, 9.17) is 14.2 Å². The van der Waals surface area contributed by atoms with Crippen molar-refractivity contribution in [3.8, 4) is 11.5 Å². The second kappa shape index (κ2) is 15.4. The van der Waals surface area contributed by atoms with Crippen molar-refractivity contribution in [2.75, 3.05) is 31.7 Å². The fraction of sp³-hybridized carbons (Fsp3) is 0.429. The third-order valence-electron chi connectivity index (χ3n) is 5.21. The van der Waals surface area contributed by atoms with Crippen LogP contribution in [0.2, 0.25) is 0 Å². The van der Waals surface area contributed by atoms with Crippen molar-refractivity contribution in [3.05, 3.63) is 52.6 Å². The zero-order valence-electron chi connectivity index (χ0n) is 23.0. The SMILES string of the molecule is CCOc1cc(/C=N\NC(=O)C(=O)NCCCOC(C)C)ccc1OCC(=O)Nc1c(C)cc(C)cc1C. The lowest BCUT2D eigenvalue weighted by molar-refractivity contribution is -0.139. The molecule has 10 nitrogen and oxygen atoms in total. The number of rotatable bonds is 13. The molecule has 3 amide bonds. The molecule has 0 aliphatic heterocycles. The van der Waals surface area contributed by atoms with Gasteiger partial charge in [0.1, 0.15) is 0 Å². The number of nitrogens with one attached hydrogen (secondary N) is 3. The zero-order chi connectivity index (χ0) is 28.1. The molecule has 3 N–H and O–H groups in total. The number of nitrogens with zero attached hydrogens (tertiary/aromatic N) is 1. The van der Waals surface area contributed by atoms with Gasteiger partial charge in [-0.25, -0.2) is 5.43 Å². The summed E-state index contributed by atoms with van der Waals surface area (Å²) in [5.41, 5.74) is 6.66. The Morgan fingerprint density at radius 2 is 1.68 bits per heavy atom. The van der Waals surface area contributed by atoms with Gasteiger partial charge in [-0.1, -0.05) is 17.7 Å². The van der Waals surface area contributed by atoms with Crippen LogP contribution in [0.4, 0.5) is 5.69 Å². The minimum atomic E-state index is -0.874. The maximum Gasteiger partial charge on any atom is 0.329 e. The Labute approximate surface area is 224 Å². The van der Waals surface area contributed by atoms with E-state index < -0.39 is 11.8 Å². The predicted molar refractivity (Wildman–Crippen MR) is 147 cm³/mol. The van der Waals surface area contributed by atoms with Crippen molar-refractivity contribution in [2.24, 2.45) is 5.10 Å². The molecule has 0 aromatic heterocycles. The fourth-order valence-corrected chi connectivity index (χ4v) is 3.58. The van der Waals surface area contributed by atoms with Crippen molar-refractivity contribution in [3.63, 3.8) is 0 Å². The summed E-state index contributed by atoms with van der Waals surface area (Å²) in [6, 6.07) is 9.02. The normalized spacial score (nSPS) is 10.9. The fourth-order valence-electron chi connectivity index (χ4n) is 3.58. The molecule has 0 aliphatic carbocycles. The first-order valence-electron chi connectivity index (χ1n) is 12.6. The lowest BCUT2D eigenvalue weighted by Gasteiger charge is -2.15. The largest absolute Gasteiger partial charge is 0.490 e. The standard InChI is InChI=1S/C28H38N4O6/c1-7-36-24-15-22(16-30-32-28(35)27(34)29-11-8-12-37-18(2)3)9-10-23(24)38-17-25(33)31-26-20(5)13-19(4)14-21(26)6/h9-10,13-16,18H,7-8,11-12,17H2,1-6H3,(H,29,34)(H,31,33)(H,32,35)/b30-16-. The van der Waals surface area contributed by atoms with Crippen molar-refractivity contribution in [2.45, 2.75) is 54.1 Å². The van der Waals surface area contributed by atoms with E-state index in [1.165, 1.54) is 6.21 Å². The summed E-state index contributed by atoms with van der Waals surface area (Å²) in [5.74, 6) is -1.14. The maximum absolute atomic E-state index is 12.5. The summed E-state index contributed by atoms with van der Waals surface area (Å²) in [5, 5.41) is 9.25. The van der Waals surface area contributed by atoms with Crippen LogP contribution in [0.3, 0.4) is 0 Å². The Balaban J connectivity index is 1.90. The molecule has 2 aromatic rings. The van der Waals surface area contributed by atoms with Crippen molar-refractivity contribution in [1.29, 1.82) is 0 Å². The monoisotopic (exact) mass is 526 g/mol. The second-order valence-corrected chi connectivity index (χ2v) is 8.98. The van der Waals surface area contributed by atoms with Crippen LogP contribution >= 0.6 is 0 Å². The molecule has 0 aliphatic rings. The first-order valence-corrected chi connectivity index (χ1v) is 12.6. The third kappa shape index (κ3) is 10.2. The van der Waals surface area contributed by atoms with Gasteiger partial charge in [0.05, 0.1) is 18.9 Å². The lowest BCUT2D eigenvalue weighted by Crippen LogP contribution is -2.38. The van der Waals surface area contributed by atoms with E-state index in [1.54, 1.807) is 18.2 Å². The molecule has 0 bridgehead atoms. The van der Waals surface area contributed by atoms with E-state index in [9.17, 15) is 14.4 Å². The number of amides is 3. The quantitative estimate of drug-likeness (QED) is 0.159. The number of hydrogen-bond acceptors (Lipinski definition) is 7. The molecule has 0 atom stereocenters. The summed E-state index contributed by atoms with van der Waals surface area (Å²) in [6.07, 6.45) is 2.09. The molecule has 206 valence electrons. The van der Waals surface area contributed by atoms with Crippen LogP contribution in [0.25, 0.3) is 0 Å². The first-order chi connectivity index (χ1) is 18.1. The molecular formula is C28H38N4O6.